The predicted molar refractivity (Wildman–Crippen MR) is 53.9 cm³/mol. The summed E-state index contributed by atoms with van der Waals surface area (Å²) in [5, 5.41) is 0. The Hall–Kier alpha value is -1.84. The van der Waals surface area contributed by atoms with Gasteiger partial charge in [-0.25, -0.2) is 4.98 Å². The van der Waals surface area contributed by atoms with Crippen molar-refractivity contribution in [3.8, 4) is 0 Å². The second-order valence-electron chi connectivity index (χ2n) is 3.10. The molecule has 0 aliphatic rings. The number of primary amides is 1. The van der Waals surface area contributed by atoms with E-state index in [-0.39, 0.29) is 0 Å². The van der Waals surface area contributed by atoms with E-state index in [1.807, 2.05) is 17.6 Å². The van der Waals surface area contributed by atoms with Crippen LogP contribution in [0.1, 0.15) is 17.3 Å². The van der Waals surface area contributed by atoms with Gasteiger partial charge in [-0.3, -0.25) is 4.79 Å². The number of hydrogen-bond acceptors (Lipinski definition) is 2. The molecule has 0 atom stereocenters. The molecule has 2 N–H and O–H groups in total. The minimum atomic E-state index is -0.419. The van der Waals surface area contributed by atoms with E-state index in [2.05, 4.69) is 4.98 Å². The van der Waals surface area contributed by atoms with Crippen LogP contribution in [0.15, 0.2) is 24.5 Å². The van der Waals surface area contributed by atoms with E-state index in [1.54, 1.807) is 18.5 Å². The minimum absolute atomic E-state index is 0.419. The van der Waals surface area contributed by atoms with Crippen molar-refractivity contribution in [2.45, 2.75) is 13.5 Å². The number of hydrogen-bond donors (Lipinski definition) is 1. The largest absolute Gasteiger partial charge is 0.366 e. The zero-order valence-electron chi connectivity index (χ0n) is 7.90. The highest BCUT2D eigenvalue weighted by Crippen LogP contribution is 2.14. The van der Waals surface area contributed by atoms with Crippen LogP contribution in [-0.4, -0.2) is 15.5 Å². The van der Waals surface area contributed by atoms with Crippen LogP contribution in [0, 0.1) is 0 Å². The number of aromatic nitrogens is 2. The first-order valence-electron chi connectivity index (χ1n) is 4.47. The van der Waals surface area contributed by atoms with Crippen LogP contribution in [0.25, 0.3) is 11.0 Å². The van der Waals surface area contributed by atoms with Crippen molar-refractivity contribution >= 4 is 16.9 Å². The lowest BCUT2D eigenvalue weighted by molar-refractivity contribution is 0.100. The van der Waals surface area contributed by atoms with E-state index < -0.39 is 5.91 Å². The summed E-state index contributed by atoms with van der Waals surface area (Å²) in [6.45, 7) is 2.91. The average molecular weight is 189 g/mol. The molecule has 72 valence electrons. The fourth-order valence-electron chi connectivity index (χ4n) is 1.47. The van der Waals surface area contributed by atoms with E-state index in [0.717, 1.165) is 17.6 Å². The van der Waals surface area contributed by atoms with Crippen molar-refractivity contribution in [1.29, 1.82) is 0 Å². The molecule has 2 aromatic rings. The lowest BCUT2D eigenvalue weighted by atomic mass is 10.2. The molecule has 14 heavy (non-hydrogen) atoms. The Morgan fingerprint density at radius 3 is 3.00 bits per heavy atom. The van der Waals surface area contributed by atoms with E-state index in [1.165, 1.54) is 0 Å². The van der Waals surface area contributed by atoms with Gasteiger partial charge in [0.15, 0.2) is 0 Å². The van der Waals surface area contributed by atoms with Crippen molar-refractivity contribution in [2.75, 3.05) is 0 Å². The summed E-state index contributed by atoms with van der Waals surface area (Å²) in [4.78, 5) is 15.1. The van der Waals surface area contributed by atoms with Crippen LogP contribution in [0.2, 0.25) is 0 Å². The number of imidazole rings is 1. The molecule has 0 spiro atoms. The van der Waals surface area contributed by atoms with Crippen molar-refractivity contribution in [1.82, 2.24) is 9.55 Å². The van der Waals surface area contributed by atoms with E-state index >= 15 is 0 Å². The number of nitrogens with zero attached hydrogens (tertiary/aromatic N) is 2. The van der Waals surface area contributed by atoms with Gasteiger partial charge in [-0.2, -0.15) is 0 Å². The number of aryl methyl sites for hydroxylation is 1. The first-order valence-corrected chi connectivity index (χ1v) is 4.47. The molecule has 0 saturated heterocycles. The van der Waals surface area contributed by atoms with Crippen molar-refractivity contribution < 1.29 is 4.79 Å². The Labute approximate surface area is 81.3 Å². The quantitative estimate of drug-likeness (QED) is 0.770. The van der Waals surface area contributed by atoms with Gasteiger partial charge in [-0.05, 0) is 25.1 Å². The molecule has 0 unspecified atom stereocenters. The Bertz CT molecular complexity index is 487. The standard InChI is InChI=1S/C10H11N3O/c1-2-13-6-12-8-5-7(10(11)14)3-4-9(8)13/h3-6H,2H2,1H3,(H2,11,14). The molecule has 0 saturated carbocycles. The molecule has 4 nitrogen and oxygen atoms in total. The number of rotatable bonds is 2. The summed E-state index contributed by atoms with van der Waals surface area (Å²) in [6, 6.07) is 5.30. The molecule has 1 amide bonds. The molecule has 0 radical (unpaired) electrons. The SMILES string of the molecule is CCn1cnc2cc(C(N)=O)ccc21. The number of benzene rings is 1. The summed E-state index contributed by atoms with van der Waals surface area (Å²) in [7, 11) is 0. The van der Waals surface area contributed by atoms with Gasteiger partial charge in [0.25, 0.3) is 0 Å². The number of nitrogens with two attached hydrogens (primary N) is 1. The zero-order valence-corrected chi connectivity index (χ0v) is 7.90. The van der Waals surface area contributed by atoms with Gasteiger partial charge in [0.1, 0.15) is 0 Å². The molecule has 0 fully saturated rings. The van der Waals surface area contributed by atoms with Gasteiger partial charge in [-0.1, -0.05) is 0 Å². The van der Waals surface area contributed by atoms with Gasteiger partial charge in [0.05, 0.1) is 17.4 Å². The molecular formula is C10H11N3O. The number of amides is 1. The highest BCUT2D eigenvalue weighted by atomic mass is 16.1. The molecule has 1 aromatic carbocycles. The maximum Gasteiger partial charge on any atom is 0.248 e. The maximum atomic E-state index is 10.9. The van der Waals surface area contributed by atoms with E-state index in [4.69, 9.17) is 5.73 Å². The second kappa shape index (κ2) is 3.14. The molecule has 0 bridgehead atoms. The first-order chi connectivity index (χ1) is 6.72. The molecule has 0 aliphatic carbocycles. The van der Waals surface area contributed by atoms with Crippen molar-refractivity contribution in [2.24, 2.45) is 5.73 Å². The maximum absolute atomic E-state index is 10.9. The van der Waals surface area contributed by atoms with Crippen molar-refractivity contribution in [3.63, 3.8) is 0 Å². The number of carbonyl (C=O) groups is 1. The Balaban J connectivity index is 2.63. The molecular weight excluding hydrogens is 178 g/mol. The van der Waals surface area contributed by atoms with Gasteiger partial charge in [0.2, 0.25) is 5.91 Å². The van der Waals surface area contributed by atoms with E-state index in [0.29, 0.717) is 5.56 Å². The average Bonchev–Trinajstić information content (AvgIpc) is 2.59. The summed E-state index contributed by atoms with van der Waals surface area (Å²) in [5.74, 6) is -0.419. The van der Waals surface area contributed by atoms with Crippen LogP contribution in [0.3, 0.4) is 0 Å². The van der Waals surface area contributed by atoms with Crippen LogP contribution in [0.5, 0.6) is 0 Å². The summed E-state index contributed by atoms with van der Waals surface area (Å²) in [5.41, 5.74) is 7.50. The monoisotopic (exact) mass is 189 g/mol. The lowest BCUT2D eigenvalue weighted by Crippen LogP contribution is -2.10. The second-order valence-corrected chi connectivity index (χ2v) is 3.10. The number of carbonyl (C=O) groups excluding carboxylic acids is 1. The fourth-order valence-corrected chi connectivity index (χ4v) is 1.47. The Morgan fingerprint density at radius 1 is 1.57 bits per heavy atom. The molecule has 4 heteroatoms. The third-order valence-electron chi connectivity index (χ3n) is 2.25. The summed E-state index contributed by atoms with van der Waals surface area (Å²) < 4.78 is 2.01. The van der Waals surface area contributed by atoms with Crippen LogP contribution in [-0.2, 0) is 6.54 Å². The summed E-state index contributed by atoms with van der Waals surface area (Å²) >= 11 is 0. The first kappa shape index (κ1) is 8.74. The molecule has 1 aromatic heterocycles. The van der Waals surface area contributed by atoms with Crippen molar-refractivity contribution in [3.05, 3.63) is 30.1 Å². The summed E-state index contributed by atoms with van der Waals surface area (Å²) in [6.07, 6.45) is 1.76. The van der Waals surface area contributed by atoms with Gasteiger partial charge in [-0.15, -0.1) is 0 Å². The normalized spacial score (nSPS) is 10.6. The molecule has 1 heterocycles. The van der Waals surface area contributed by atoms with Gasteiger partial charge < -0.3 is 10.3 Å². The topological polar surface area (TPSA) is 60.9 Å². The Morgan fingerprint density at radius 2 is 2.36 bits per heavy atom. The Kier molecular flexibility index (Phi) is 1.96. The highest BCUT2D eigenvalue weighted by Gasteiger charge is 2.04. The number of fused-ring (bicyclic) bond motifs is 1. The molecule has 2 rings (SSSR count). The minimum Gasteiger partial charge on any atom is -0.366 e. The third-order valence-corrected chi connectivity index (χ3v) is 2.25. The van der Waals surface area contributed by atoms with Gasteiger partial charge >= 0.3 is 0 Å². The highest BCUT2D eigenvalue weighted by molar-refractivity contribution is 5.96. The smallest absolute Gasteiger partial charge is 0.248 e. The van der Waals surface area contributed by atoms with E-state index in [9.17, 15) is 4.79 Å². The zero-order chi connectivity index (χ0) is 10.1. The predicted octanol–water partition coefficient (Wildman–Crippen LogP) is 1.16. The fraction of sp³-hybridized carbons (Fsp3) is 0.200. The van der Waals surface area contributed by atoms with Gasteiger partial charge in [0, 0.05) is 12.1 Å². The third kappa shape index (κ3) is 1.25. The lowest BCUT2D eigenvalue weighted by Gasteiger charge is -1.99. The van der Waals surface area contributed by atoms with Crippen LogP contribution < -0.4 is 5.73 Å². The molecule has 0 aliphatic heterocycles. The van der Waals surface area contributed by atoms with Crippen LogP contribution in [0.4, 0.5) is 0 Å². The van der Waals surface area contributed by atoms with Crippen LogP contribution >= 0.6 is 0 Å².